The fourth-order valence-electron chi connectivity index (χ4n) is 1.57. The number of nitrogens with zero attached hydrogens (tertiary/aromatic N) is 2. The van der Waals surface area contributed by atoms with Gasteiger partial charge in [-0.05, 0) is 13.0 Å². The highest BCUT2D eigenvalue weighted by atomic mass is 16.3. The van der Waals surface area contributed by atoms with Crippen LogP contribution in [0.15, 0.2) is 36.4 Å². The summed E-state index contributed by atoms with van der Waals surface area (Å²) in [6.45, 7) is 2.45. The van der Waals surface area contributed by atoms with E-state index in [4.69, 9.17) is 5.11 Å². The summed E-state index contributed by atoms with van der Waals surface area (Å²) >= 11 is 0. The number of aliphatic hydroxyl groups excluding tert-OH is 1. The summed E-state index contributed by atoms with van der Waals surface area (Å²) < 4.78 is 0. The SMILES string of the molecule is Cc1cc(-c2ccccc2)nc(NCCO)n1. The summed E-state index contributed by atoms with van der Waals surface area (Å²) in [6.07, 6.45) is 0. The predicted octanol–water partition coefficient (Wildman–Crippen LogP) is 1.86. The second-order valence-corrected chi connectivity index (χ2v) is 3.73. The maximum Gasteiger partial charge on any atom is 0.223 e. The van der Waals surface area contributed by atoms with Gasteiger partial charge in [0.25, 0.3) is 0 Å². The second kappa shape index (κ2) is 5.41. The van der Waals surface area contributed by atoms with Crippen molar-refractivity contribution in [2.24, 2.45) is 0 Å². The van der Waals surface area contributed by atoms with Crippen LogP contribution in [0, 0.1) is 6.92 Å². The van der Waals surface area contributed by atoms with Crippen LogP contribution < -0.4 is 5.32 Å². The minimum Gasteiger partial charge on any atom is -0.395 e. The number of anilines is 1. The molecule has 1 aromatic carbocycles. The average molecular weight is 229 g/mol. The quantitative estimate of drug-likeness (QED) is 0.840. The Morgan fingerprint density at radius 2 is 1.94 bits per heavy atom. The van der Waals surface area contributed by atoms with Crippen LogP contribution in [0.4, 0.5) is 5.95 Å². The Hall–Kier alpha value is -1.94. The lowest BCUT2D eigenvalue weighted by atomic mass is 10.1. The molecule has 0 fully saturated rings. The molecule has 0 aliphatic heterocycles. The average Bonchev–Trinajstić information content (AvgIpc) is 2.37. The molecule has 0 amide bonds. The van der Waals surface area contributed by atoms with Gasteiger partial charge in [-0.15, -0.1) is 0 Å². The summed E-state index contributed by atoms with van der Waals surface area (Å²) in [5.74, 6) is 0.554. The monoisotopic (exact) mass is 229 g/mol. The molecular formula is C13H15N3O. The Morgan fingerprint density at radius 3 is 2.65 bits per heavy atom. The molecule has 4 heteroatoms. The van der Waals surface area contributed by atoms with E-state index in [1.807, 2.05) is 43.3 Å². The lowest BCUT2D eigenvalue weighted by molar-refractivity contribution is 0.311. The number of rotatable bonds is 4. The smallest absolute Gasteiger partial charge is 0.223 e. The first-order chi connectivity index (χ1) is 8.29. The van der Waals surface area contributed by atoms with Crippen LogP contribution >= 0.6 is 0 Å². The third-order valence-electron chi connectivity index (χ3n) is 2.32. The molecule has 2 N–H and O–H groups in total. The molecule has 0 aliphatic rings. The highest BCUT2D eigenvalue weighted by molar-refractivity contribution is 5.60. The van der Waals surface area contributed by atoms with Crippen molar-refractivity contribution in [1.82, 2.24) is 9.97 Å². The molecule has 2 rings (SSSR count). The first kappa shape index (κ1) is 11.5. The summed E-state index contributed by atoms with van der Waals surface area (Å²) in [4.78, 5) is 8.67. The minimum absolute atomic E-state index is 0.0674. The van der Waals surface area contributed by atoms with Crippen molar-refractivity contribution in [1.29, 1.82) is 0 Å². The van der Waals surface area contributed by atoms with E-state index in [2.05, 4.69) is 15.3 Å². The molecule has 1 heterocycles. The molecule has 0 bridgehead atoms. The highest BCUT2D eigenvalue weighted by Gasteiger charge is 2.03. The van der Waals surface area contributed by atoms with E-state index in [0.717, 1.165) is 17.0 Å². The van der Waals surface area contributed by atoms with Gasteiger partial charge in [-0.3, -0.25) is 0 Å². The zero-order valence-corrected chi connectivity index (χ0v) is 9.72. The summed E-state index contributed by atoms with van der Waals surface area (Å²) in [5, 5.41) is 11.7. The summed E-state index contributed by atoms with van der Waals surface area (Å²) in [6, 6.07) is 11.9. The maximum absolute atomic E-state index is 8.77. The molecule has 0 spiro atoms. The minimum atomic E-state index is 0.0674. The zero-order valence-electron chi connectivity index (χ0n) is 9.72. The van der Waals surface area contributed by atoms with E-state index in [0.29, 0.717) is 12.5 Å². The molecule has 2 aromatic rings. The molecule has 4 nitrogen and oxygen atoms in total. The molecule has 0 unspecified atom stereocenters. The first-order valence-electron chi connectivity index (χ1n) is 5.55. The lowest BCUT2D eigenvalue weighted by Gasteiger charge is -2.07. The molecular weight excluding hydrogens is 214 g/mol. The van der Waals surface area contributed by atoms with Gasteiger partial charge in [-0.25, -0.2) is 9.97 Å². The fraction of sp³-hybridized carbons (Fsp3) is 0.231. The van der Waals surface area contributed by atoms with E-state index in [1.54, 1.807) is 0 Å². The van der Waals surface area contributed by atoms with E-state index < -0.39 is 0 Å². The van der Waals surface area contributed by atoms with Crippen molar-refractivity contribution in [2.75, 3.05) is 18.5 Å². The van der Waals surface area contributed by atoms with Crippen LogP contribution in [0.25, 0.3) is 11.3 Å². The molecule has 0 saturated heterocycles. The van der Waals surface area contributed by atoms with E-state index >= 15 is 0 Å². The molecule has 88 valence electrons. The van der Waals surface area contributed by atoms with Crippen LogP contribution in [0.1, 0.15) is 5.69 Å². The van der Waals surface area contributed by atoms with Crippen LogP contribution in [-0.2, 0) is 0 Å². The first-order valence-corrected chi connectivity index (χ1v) is 5.55. The summed E-state index contributed by atoms with van der Waals surface area (Å²) in [7, 11) is 0. The molecule has 0 radical (unpaired) electrons. The van der Waals surface area contributed by atoms with Crippen molar-refractivity contribution in [3.05, 3.63) is 42.1 Å². The highest BCUT2D eigenvalue weighted by Crippen LogP contribution is 2.18. The van der Waals surface area contributed by atoms with Crippen molar-refractivity contribution in [3.8, 4) is 11.3 Å². The van der Waals surface area contributed by atoms with Gasteiger partial charge in [0.05, 0.1) is 12.3 Å². The van der Waals surface area contributed by atoms with Gasteiger partial charge in [0.2, 0.25) is 5.95 Å². The zero-order chi connectivity index (χ0) is 12.1. The van der Waals surface area contributed by atoms with Crippen molar-refractivity contribution in [2.45, 2.75) is 6.92 Å². The second-order valence-electron chi connectivity index (χ2n) is 3.73. The van der Waals surface area contributed by atoms with Crippen molar-refractivity contribution in [3.63, 3.8) is 0 Å². The van der Waals surface area contributed by atoms with Gasteiger partial charge >= 0.3 is 0 Å². The van der Waals surface area contributed by atoms with Crippen molar-refractivity contribution < 1.29 is 5.11 Å². The maximum atomic E-state index is 8.77. The van der Waals surface area contributed by atoms with Crippen LogP contribution in [0.2, 0.25) is 0 Å². The largest absolute Gasteiger partial charge is 0.395 e. The number of hydrogen-bond donors (Lipinski definition) is 2. The number of aryl methyl sites for hydroxylation is 1. The van der Waals surface area contributed by atoms with Crippen LogP contribution in [0.5, 0.6) is 0 Å². The molecule has 1 aromatic heterocycles. The van der Waals surface area contributed by atoms with Gasteiger partial charge in [-0.1, -0.05) is 30.3 Å². The third kappa shape index (κ3) is 3.01. The van der Waals surface area contributed by atoms with Gasteiger partial charge in [0.1, 0.15) is 0 Å². The Balaban J connectivity index is 2.32. The Bertz CT molecular complexity index is 485. The van der Waals surface area contributed by atoms with Crippen LogP contribution in [-0.4, -0.2) is 28.2 Å². The fourth-order valence-corrected chi connectivity index (χ4v) is 1.57. The Labute approximate surface area is 100 Å². The van der Waals surface area contributed by atoms with E-state index in [1.165, 1.54) is 0 Å². The number of aliphatic hydroxyl groups is 1. The predicted molar refractivity (Wildman–Crippen MR) is 67.8 cm³/mol. The van der Waals surface area contributed by atoms with E-state index in [9.17, 15) is 0 Å². The molecule has 17 heavy (non-hydrogen) atoms. The molecule has 0 saturated carbocycles. The van der Waals surface area contributed by atoms with E-state index in [-0.39, 0.29) is 6.61 Å². The Morgan fingerprint density at radius 1 is 1.18 bits per heavy atom. The van der Waals surface area contributed by atoms with Gasteiger partial charge < -0.3 is 10.4 Å². The topological polar surface area (TPSA) is 58.0 Å². The van der Waals surface area contributed by atoms with Crippen LogP contribution in [0.3, 0.4) is 0 Å². The van der Waals surface area contributed by atoms with Gasteiger partial charge in [0.15, 0.2) is 0 Å². The number of hydrogen-bond acceptors (Lipinski definition) is 4. The lowest BCUT2D eigenvalue weighted by Crippen LogP contribution is -2.09. The number of aromatic nitrogens is 2. The van der Waals surface area contributed by atoms with Crippen molar-refractivity contribution >= 4 is 5.95 Å². The molecule has 0 aliphatic carbocycles. The number of nitrogens with one attached hydrogen (secondary N) is 1. The summed E-state index contributed by atoms with van der Waals surface area (Å²) in [5.41, 5.74) is 2.85. The third-order valence-corrected chi connectivity index (χ3v) is 2.32. The van der Waals surface area contributed by atoms with Gasteiger partial charge in [-0.2, -0.15) is 0 Å². The molecule has 0 atom stereocenters. The number of benzene rings is 1. The Kier molecular flexibility index (Phi) is 3.67. The standard InChI is InChI=1S/C13H15N3O/c1-10-9-12(11-5-3-2-4-6-11)16-13(15-10)14-7-8-17/h2-6,9,17H,7-8H2,1H3,(H,14,15,16). The van der Waals surface area contributed by atoms with Gasteiger partial charge in [0, 0.05) is 17.8 Å². The normalized spacial score (nSPS) is 10.2.